The van der Waals surface area contributed by atoms with E-state index in [1.807, 2.05) is 0 Å². The molecule has 0 spiro atoms. The van der Waals surface area contributed by atoms with Gasteiger partial charge in [-0.1, -0.05) is 27.5 Å². The van der Waals surface area contributed by atoms with E-state index in [0.29, 0.717) is 20.7 Å². The molecule has 2 aromatic rings. The summed E-state index contributed by atoms with van der Waals surface area (Å²) in [5, 5.41) is 3.09. The van der Waals surface area contributed by atoms with Gasteiger partial charge in [-0.2, -0.15) is 0 Å². The lowest BCUT2D eigenvalue weighted by Gasteiger charge is -2.10. The summed E-state index contributed by atoms with van der Waals surface area (Å²) in [7, 11) is 1.40. The molecule has 0 bridgehead atoms. The monoisotopic (exact) mass is 357 g/mol. The van der Waals surface area contributed by atoms with Gasteiger partial charge in [0.2, 0.25) is 0 Å². The highest BCUT2D eigenvalue weighted by Gasteiger charge is 2.11. The van der Waals surface area contributed by atoms with Crippen molar-refractivity contribution < 1.29 is 13.9 Å². The van der Waals surface area contributed by atoms with Gasteiger partial charge in [-0.25, -0.2) is 4.39 Å². The van der Waals surface area contributed by atoms with E-state index in [2.05, 4.69) is 21.2 Å². The average molecular weight is 359 g/mol. The van der Waals surface area contributed by atoms with Crippen LogP contribution in [0.15, 0.2) is 40.9 Å². The summed E-state index contributed by atoms with van der Waals surface area (Å²) in [6.07, 6.45) is 0. The van der Waals surface area contributed by atoms with E-state index in [0.717, 1.165) is 0 Å². The van der Waals surface area contributed by atoms with Crippen LogP contribution in [0, 0.1) is 5.82 Å². The van der Waals surface area contributed by atoms with Crippen molar-refractivity contribution in [2.24, 2.45) is 0 Å². The first-order valence-corrected chi connectivity index (χ1v) is 6.77. The van der Waals surface area contributed by atoms with Crippen molar-refractivity contribution in [2.45, 2.75) is 0 Å². The lowest BCUT2D eigenvalue weighted by atomic mass is 10.2. The summed E-state index contributed by atoms with van der Waals surface area (Å²) >= 11 is 9.16. The fourth-order valence-electron chi connectivity index (χ4n) is 1.65. The number of amides is 1. The third-order valence-corrected chi connectivity index (χ3v) is 3.21. The van der Waals surface area contributed by atoms with Crippen LogP contribution in [0.5, 0.6) is 5.75 Å². The molecule has 2 rings (SSSR count). The fraction of sp³-hybridized carbons (Fsp3) is 0.0714. The van der Waals surface area contributed by atoms with E-state index in [9.17, 15) is 9.18 Å². The lowest BCUT2D eigenvalue weighted by molar-refractivity contribution is 0.102. The van der Waals surface area contributed by atoms with Crippen LogP contribution in [0.2, 0.25) is 5.02 Å². The summed E-state index contributed by atoms with van der Waals surface area (Å²) in [6.45, 7) is 0. The van der Waals surface area contributed by atoms with Crippen LogP contribution in [0.25, 0.3) is 0 Å². The Morgan fingerprint density at radius 2 is 2.05 bits per heavy atom. The predicted molar refractivity (Wildman–Crippen MR) is 80.1 cm³/mol. The number of methoxy groups -OCH3 is 1. The van der Waals surface area contributed by atoms with Crippen LogP contribution in [0.4, 0.5) is 10.1 Å². The molecule has 6 heteroatoms. The van der Waals surface area contributed by atoms with Gasteiger partial charge in [0.15, 0.2) is 0 Å². The molecule has 1 N–H and O–H groups in total. The largest absolute Gasteiger partial charge is 0.494 e. The number of ether oxygens (including phenoxy) is 1. The van der Waals surface area contributed by atoms with Crippen molar-refractivity contribution in [1.29, 1.82) is 0 Å². The van der Waals surface area contributed by atoms with Gasteiger partial charge in [-0.15, -0.1) is 0 Å². The quantitative estimate of drug-likeness (QED) is 0.877. The number of carbonyl (C=O) groups is 1. The van der Waals surface area contributed by atoms with Crippen LogP contribution in [0.1, 0.15) is 10.4 Å². The number of hydrogen-bond donors (Lipinski definition) is 1. The van der Waals surface area contributed by atoms with Gasteiger partial charge in [0.25, 0.3) is 5.91 Å². The second kappa shape index (κ2) is 6.24. The summed E-state index contributed by atoms with van der Waals surface area (Å²) in [6, 6.07) is 8.73. The van der Waals surface area contributed by atoms with Crippen LogP contribution in [0.3, 0.4) is 0 Å². The molecule has 0 aliphatic rings. The summed E-state index contributed by atoms with van der Waals surface area (Å²) in [5.41, 5.74) is 0.769. The molecule has 0 unspecified atom stereocenters. The Morgan fingerprint density at radius 1 is 1.30 bits per heavy atom. The summed E-state index contributed by atoms with van der Waals surface area (Å²) in [5.74, 6) is -0.553. The maximum absolute atomic E-state index is 13.1. The van der Waals surface area contributed by atoms with E-state index in [4.69, 9.17) is 16.3 Å². The molecule has 0 radical (unpaired) electrons. The molecule has 0 saturated carbocycles. The molecule has 104 valence electrons. The third-order valence-electron chi connectivity index (χ3n) is 2.54. The Hall–Kier alpha value is -1.59. The zero-order valence-electron chi connectivity index (χ0n) is 10.4. The Morgan fingerprint density at radius 3 is 2.70 bits per heavy atom. The van der Waals surface area contributed by atoms with Crippen molar-refractivity contribution in [3.05, 3.63) is 57.3 Å². The van der Waals surface area contributed by atoms with Gasteiger partial charge in [-0.3, -0.25) is 4.79 Å². The minimum absolute atomic E-state index is 0.249. The third kappa shape index (κ3) is 3.49. The molecule has 0 saturated heterocycles. The maximum Gasteiger partial charge on any atom is 0.255 e. The van der Waals surface area contributed by atoms with Crippen LogP contribution in [-0.4, -0.2) is 13.0 Å². The Balaban J connectivity index is 2.27. The minimum atomic E-state index is -0.439. The standard InChI is InChI=1S/C14H10BrClFNO2/c1-20-13-7-11(17)2-3-12(13)18-14(19)8-4-9(15)6-10(16)5-8/h2-7H,1H3,(H,18,19). The highest BCUT2D eigenvalue weighted by molar-refractivity contribution is 9.10. The van der Waals surface area contributed by atoms with Gasteiger partial charge in [0.1, 0.15) is 11.6 Å². The first-order chi connectivity index (χ1) is 9.49. The summed E-state index contributed by atoms with van der Waals surface area (Å²) in [4.78, 5) is 12.1. The van der Waals surface area contributed by atoms with Crippen molar-refractivity contribution in [3.63, 3.8) is 0 Å². The molecule has 0 aromatic heterocycles. The second-order valence-electron chi connectivity index (χ2n) is 3.96. The molecule has 3 nitrogen and oxygen atoms in total. The van der Waals surface area contributed by atoms with Crippen LogP contribution >= 0.6 is 27.5 Å². The van der Waals surface area contributed by atoms with Crippen molar-refractivity contribution >= 4 is 39.1 Å². The molecular weight excluding hydrogens is 349 g/mol. The molecule has 0 heterocycles. The van der Waals surface area contributed by atoms with Gasteiger partial charge in [0, 0.05) is 21.1 Å². The highest BCUT2D eigenvalue weighted by Crippen LogP contribution is 2.26. The topological polar surface area (TPSA) is 38.3 Å². The fourth-order valence-corrected chi connectivity index (χ4v) is 2.51. The normalized spacial score (nSPS) is 10.2. The second-order valence-corrected chi connectivity index (χ2v) is 5.31. The first-order valence-electron chi connectivity index (χ1n) is 5.60. The first kappa shape index (κ1) is 14.8. The van der Waals surface area contributed by atoms with E-state index in [-0.39, 0.29) is 11.7 Å². The zero-order chi connectivity index (χ0) is 14.7. The lowest BCUT2D eigenvalue weighted by Crippen LogP contribution is -2.12. The van der Waals surface area contributed by atoms with Crippen LogP contribution in [-0.2, 0) is 0 Å². The maximum atomic E-state index is 13.1. The Bertz CT molecular complexity index is 643. The highest BCUT2D eigenvalue weighted by atomic mass is 79.9. The summed E-state index contributed by atoms with van der Waals surface area (Å²) < 4.78 is 18.8. The molecule has 20 heavy (non-hydrogen) atoms. The average Bonchev–Trinajstić information content (AvgIpc) is 2.39. The van der Waals surface area contributed by atoms with Gasteiger partial charge >= 0.3 is 0 Å². The zero-order valence-corrected chi connectivity index (χ0v) is 12.8. The Kier molecular flexibility index (Phi) is 4.62. The minimum Gasteiger partial charge on any atom is -0.494 e. The smallest absolute Gasteiger partial charge is 0.255 e. The van der Waals surface area contributed by atoms with Crippen molar-refractivity contribution in [2.75, 3.05) is 12.4 Å². The molecule has 0 atom stereocenters. The SMILES string of the molecule is COc1cc(F)ccc1NC(=O)c1cc(Cl)cc(Br)c1. The molecule has 0 aliphatic heterocycles. The number of anilines is 1. The number of carbonyl (C=O) groups excluding carboxylic acids is 1. The van der Waals surface area contributed by atoms with Crippen molar-refractivity contribution in [1.82, 2.24) is 0 Å². The molecule has 0 aliphatic carbocycles. The van der Waals surface area contributed by atoms with E-state index >= 15 is 0 Å². The number of hydrogen-bond acceptors (Lipinski definition) is 2. The van der Waals surface area contributed by atoms with Gasteiger partial charge in [-0.05, 0) is 30.3 Å². The number of benzene rings is 2. The number of rotatable bonds is 3. The molecular formula is C14H10BrClFNO2. The van der Waals surface area contributed by atoms with E-state index < -0.39 is 5.82 Å². The van der Waals surface area contributed by atoms with Gasteiger partial charge < -0.3 is 10.1 Å². The number of nitrogens with one attached hydrogen (secondary N) is 1. The predicted octanol–water partition coefficient (Wildman–Crippen LogP) is 4.50. The molecule has 1 amide bonds. The van der Waals surface area contributed by atoms with E-state index in [1.165, 1.54) is 31.4 Å². The van der Waals surface area contributed by atoms with Crippen LogP contribution < -0.4 is 10.1 Å². The Labute approximate surface area is 128 Å². The van der Waals surface area contributed by atoms with Crippen molar-refractivity contribution in [3.8, 4) is 5.75 Å². The van der Waals surface area contributed by atoms with Gasteiger partial charge in [0.05, 0.1) is 12.8 Å². The molecule has 2 aromatic carbocycles. The molecule has 0 fully saturated rings. The number of halogens is 3. The van der Waals surface area contributed by atoms with E-state index in [1.54, 1.807) is 12.1 Å².